The standard InChI is InChI=1S/C16H18FN3O2S.ClH/c1-22-9-15-19-13(10-23-15)16(21)20-6-5-18-8-14(20)11-3-2-4-12(17)7-11;/h2-4,7,10,14,18H,5-6,8-9H2,1H3;1H. The van der Waals surface area contributed by atoms with Crippen LogP contribution in [-0.4, -0.2) is 42.5 Å². The number of piperazine rings is 1. The molecule has 8 heteroatoms. The van der Waals surface area contributed by atoms with Gasteiger partial charge in [0.1, 0.15) is 16.5 Å². The van der Waals surface area contributed by atoms with Gasteiger partial charge in [-0.25, -0.2) is 9.37 Å². The molecule has 1 unspecified atom stereocenters. The highest BCUT2D eigenvalue weighted by Crippen LogP contribution is 2.25. The third-order valence-corrected chi connectivity index (χ3v) is 4.60. The number of rotatable bonds is 4. The molecule has 0 aliphatic carbocycles. The van der Waals surface area contributed by atoms with Crippen LogP contribution in [0.15, 0.2) is 29.6 Å². The van der Waals surface area contributed by atoms with Crippen LogP contribution in [0.5, 0.6) is 0 Å². The lowest BCUT2D eigenvalue weighted by atomic mass is 10.0. The quantitative estimate of drug-likeness (QED) is 0.897. The molecule has 0 spiro atoms. The molecule has 1 N–H and O–H groups in total. The van der Waals surface area contributed by atoms with Crippen molar-refractivity contribution >= 4 is 29.7 Å². The second-order valence-electron chi connectivity index (χ2n) is 5.33. The van der Waals surface area contributed by atoms with E-state index in [1.807, 2.05) is 6.07 Å². The van der Waals surface area contributed by atoms with E-state index in [4.69, 9.17) is 4.74 Å². The topological polar surface area (TPSA) is 54.5 Å². The lowest BCUT2D eigenvalue weighted by Crippen LogP contribution is -2.48. The minimum Gasteiger partial charge on any atom is -0.378 e. The summed E-state index contributed by atoms with van der Waals surface area (Å²) in [5, 5.41) is 5.78. The van der Waals surface area contributed by atoms with Crippen molar-refractivity contribution in [2.75, 3.05) is 26.7 Å². The number of thiazole rings is 1. The maximum Gasteiger partial charge on any atom is 0.273 e. The number of benzene rings is 1. The maximum absolute atomic E-state index is 13.5. The Labute approximate surface area is 150 Å². The molecule has 1 aromatic heterocycles. The monoisotopic (exact) mass is 371 g/mol. The van der Waals surface area contributed by atoms with Gasteiger partial charge in [0.25, 0.3) is 5.91 Å². The first-order valence-corrected chi connectivity index (χ1v) is 8.27. The first-order valence-electron chi connectivity index (χ1n) is 7.39. The third-order valence-electron chi connectivity index (χ3n) is 3.78. The SMILES string of the molecule is COCc1nc(C(=O)N2CCNCC2c2cccc(F)c2)cs1.Cl. The Kier molecular flexibility index (Phi) is 6.68. The van der Waals surface area contributed by atoms with Crippen LogP contribution in [0.2, 0.25) is 0 Å². The number of carbonyl (C=O) groups excluding carboxylic acids is 1. The fourth-order valence-electron chi connectivity index (χ4n) is 2.71. The van der Waals surface area contributed by atoms with Crippen molar-refractivity contribution in [3.63, 3.8) is 0 Å². The van der Waals surface area contributed by atoms with Crippen molar-refractivity contribution in [3.05, 3.63) is 51.7 Å². The van der Waals surface area contributed by atoms with Gasteiger partial charge >= 0.3 is 0 Å². The number of ether oxygens (including phenoxy) is 1. The molecule has 1 saturated heterocycles. The van der Waals surface area contributed by atoms with E-state index >= 15 is 0 Å². The third kappa shape index (κ3) is 4.10. The minimum absolute atomic E-state index is 0. The summed E-state index contributed by atoms with van der Waals surface area (Å²) < 4.78 is 18.6. The molecule has 1 amide bonds. The van der Waals surface area contributed by atoms with E-state index < -0.39 is 0 Å². The van der Waals surface area contributed by atoms with Crippen molar-refractivity contribution in [2.45, 2.75) is 12.6 Å². The van der Waals surface area contributed by atoms with Crippen LogP contribution < -0.4 is 5.32 Å². The molecule has 2 aromatic rings. The predicted octanol–water partition coefficient (Wildman–Crippen LogP) is 2.64. The molecule has 24 heavy (non-hydrogen) atoms. The van der Waals surface area contributed by atoms with Crippen LogP contribution >= 0.6 is 23.7 Å². The van der Waals surface area contributed by atoms with Crippen molar-refractivity contribution in [2.24, 2.45) is 0 Å². The zero-order chi connectivity index (χ0) is 16.2. The largest absolute Gasteiger partial charge is 0.378 e. The zero-order valence-electron chi connectivity index (χ0n) is 13.2. The Hall–Kier alpha value is -1.54. The van der Waals surface area contributed by atoms with Gasteiger partial charge in [0.2, 0.25) is 0 Å². The lowest BCUT2D eigenvalue weighted by Gasteiger charge is -2.36. The first kappa shape index (κ1) is 18.8. The second kappa shape index (κ2) is 8.53. The van der Waals surface area contributed by atoms with Crippen molar-refractivity contribution in [3.8, 4) is 0 Å². The Morgan fingerprint density at radius 2 is 2.38 bits per heavy atom. The van der Waals surface area contributed by atoms with Gasteiger partial charge in [-0.05, 0) is 17.7 Å². The number of nitrogens with one attached hydrogen (secondary N) is 1. The molecule has 1 aromatic carbocycles. The molecule has 1 fully saturated rings. The maximum atomic E-state index is 13.5. The van der Waals surface area contributed by atoms with E-state index in [1.165, 1.54) is 23.5 Å². The first-order chi connectivity index (χ1) is 11.2. The number of hydrogen-bond acceptors (Lipinski definition) is 5. The predicted molar refractivity (Wildman–Crippen MR) is 93.1 cm³/mol. The molecule has 1 atom stereocenters. The van der Waals surface area contributed by atoms with Gasteiger partial charge < -0.3 is 15.0 Å². The van der Waals surface area contributed by atoms with Crippen molar-refractivity contribution in [1.82, 2.24) is 15.2 Å². The summed E-state index contributed by atoms with van der Waals surface area (Å²) in [7, 11) is 1.60. The van der Waals surface area contributed by atoms with E-state index in [2.05, 4.69) is 10.3 Å². The van der Waals surface area contributed by atoms with Gasteiger partial charge in [-0.3, -0.25) is 4.79 Å². The van der Waals surface area contributed by atoms with E-state index in [1.54, 1.807) is 23.5 Å². The summed E-state index contributed by atoms with van der Waals surface area (Å²) in [5.41, 5.74) is 1.21. The summed E-state index contributed by atoms with van der Waals surface area (Å²) in [5.74, 6) is -0.420. The molecule has 130 valence electrons. The zero-order valence-corrected chi connectivity index (χ0v) is 14.8. The number of carbonyl (C=O) groups is 1. The average molecular weight is 372 g/mol. The number of methoxy groups -OCH3 is 1. The lowest BCUT2D eigenvalue weighted by molar-refractivity contribution is 0.0628. The molecule has 3 rings (SSSR count). The Balaban J connectivity index is 0.00000208. The van der Waals surface area contributed by atoms with Crippen LogP contribution in [-0.2, 0) is 11.3 Å². The summed E-state index contributed by atoms with van der Waals surface area (Å²) in [6, 6.07) is 6.21. The highest BCUT2D eigenvalue weighted by molar-refractivity contribution is 7.09. The molecule has 0 saturated carbocycles. The molecule has 1 aliphatic heterocycles. The number of halogens is 2. The highest BCUT2D eigenvalue weighted by atomic mass is 35.5. The summed E-state index contributed by atoms with van der Waals surface area (Å²) in [6.45, 7) is 2.28. The van der Waals surface area contributed by atoms with Crippen molar-refractivity contribution in [1.29, 1.82) is 0 Å². The molecular weight excluding hydrogens is 353 g/mol. The molecule has 0 radical (unpaired) electrons. The van der Waals surface area contributed by atoms with Gasteiger partial charge in [0, 0.05) is 32.1 Å². The molecule has 5 nitrogen and oxygen atoms in total. The van der Waals surface area contributed by atoms with Gasteiger partial charge in [-0.1, -0.05) is 12.1 Å². The van der Waals surface area contributed by atoms with E-state index in [9.17, 15) is 9.18 Å². The molecular formula is C16H19ClFN3O2S. The van der Waals surface area contributed by atoms with E-state index in [-0.39, 0.29) is 30.2 Å². The fraction of sp³-hybridized carbons (Fsp3) is 0.375. The molecule has 2 heterocycles. The fourth-order valence-corrected chi connectivity index (χ4v) is 3.44. The number of hydrogen-bond donors (Lipinski definition) is 1. The van der Waals surface area contributed by atoms with Crippen LogP contribution in [0.25, 0.3) is 0 Å². The molecule has 1 aliphatic rings. The number of amides is 1. The van der Waals surface area contributed by atoms with Crippen LogP contribution in [0.4, 0.5) is 4.39 Å². The van der Waals surface area contributed by atoms with E-state index in [0.717, 1.165) is 10.6 Å². The Bertz CT molecular complexity index is 697. The molecule has 0 bridgehead atoms. The minimum atomic E-state index is -0.295. The van der Waals surface area contributed by atoms with Gasteiger partial charge in [-0.15, -0.1) is 23.7 Å². The smallest absolute Gasteiger partial charge is 0.273 e. The Morgan fingerprint density at radius 3 is 3.12 bits per heavy atom. The Morgan fingerprint density at radius 1 is 1.54 bits per heavy atom. The summed E-state index contributed by atoms with van der Waals surface area (Å²) in [4.78, 5) is 18.9. The van der Waals surface area contributed by atoms with Crippen LogP contribution in [0.3, 0.4) is 0 Å². The number of nitrogens with zero attached hydrogens (tertiary/aromatic N) is 2. The highest BCUT2D eigenvalue weighted by Gasteiger charge is 2.30. The summed E-state index contributed by atoms with van der Waals surface area (Å²) >= 11 is 1.41. The summed E-state index contributed by atoms with van der Waals surface area (Å²) in [6.07, 6.45) is 0. The normalized spacial score (nSPS) is 17.4. The van der Waals surface area contributed by atoms with Crippen molar-refractivity contribution < 1.29 is 13.9 Å². The van der Waals surface area contributed by atoms with Gasteiger partial charge in [-0.2, -0.15) is 0 Å². The number of aromatic nitrogens is 1. The second-order valence-corrected chi connectivity index (χ2v) is 6.28. The van der Waals surface area contributed by atoms with E-state index in [0.29, 0.717) is 31.9 Å². The van der Waals surface area contributed by atoms with Crippen LogP contribution in [0, 0.1) is 5.82 Å². The van der Waals surface area contributed by atoms with Gasteiger partial charge in [0.05, 0.1) is 12.6 Å². The average Bonchev–Trinajstić information content (AvgIpc) is 3.03. The van der Waals surface area contributed by atoms with Gasteiger partial charge in [0.15, 0.2) is 0 Å². The van der Waals surface area contributed by atoms with Crippen LogP contribution in [0.1, 0.15) is 27.1 Å².